The second-order valence-electron chi connectivity index (χ2n) is 5.05. The maximum atomic E-state index is 11.1. The molecule has 0 unspecified atom stereocenters. The first kappa shape index (κ1) is 15.7. The average Bonchev–Trinajstić information content (AvgIpc) is 2.52. The van der Waals surface area contributed by atoms with Crippen LogP contribution in [0.4, 0.5) is 5.95 Å². The molecular weight excluding hydrogens is 272 g/mol. The first-order valence-electron chi connectivity index (χ1n) is 7.30. The Bertz CT molecular complexity index is 446. The number of nitrogens with one attached hydrogen (secondary N) is 1. The van der Waals surface area contributed by atoms with Crippen LogP contribution in [0.5, 0.6) is 0 Å². The number of carboxylic acid groups (broad SMARTS) is 1. The summed E-state index contributed by atoms with van der Waals surface area (Å²) < 4.78 is 5.29. The minimum absolute atomic E-state index is 0.459. The molecule has 21 heavy (non-hydrogen) atoms. The van der Waals surface area contributed by atoms with E-state index in [0.29, 0.717) is 32.1 Å². The number of rotatable bonds is 7. The zero-order chi connectivity index (χ0) is 15.1. The van der Waals surface area contributed by atoms with Crippen molar-refractivity contribution in [2.75, 3.05) is 31.2 Å². The summed E-state index contributed by atoms with van der Waals surface area (Å²) in [5.74, 6) is -0.118. The summed E-state index contributed by atoms with van der Waals surface area (Å²) in [6, 6.07) is -0.520. The van der Waals surface area contributed by atoms with Crippen LogP contribution in [0.2, 0.25) is 0 Å². The second kappa shape index (κ2) is 7.90. The predicted octanol–water partition coefficient (Wildman–Crippen LogP) is 0.656. The molecule has 1 atom stereocenters. The molecule has 7 nitrogen and oxygen atoms in total. The Kier molecular flexibility index (Phi) is 5.89. The molecule has 1 fully saturated rings. The van der Waals surface area contributed by atoms with E-state index in [1.165, 1.54) is 0 Å². The molecule has 0 aliphatic carbocycles. The SMILES string of the molecule is CCC[C@@H](NCc1cnc(N2CCOCC2)nc1)C(=O)O. The molecule has 0 amide bonds. The van der Waals surface area contributed by atoms with Gasteiger partial charge < -0.3 is 20.1 Å². The number of carboxylic acids is 1. The third-order valence-corrected chi connectivity index (χ3v) is 3.41. The summed E-state index contributed by atoms with van der Waals surface area (Å²) in [6.45, 7) is 5.43. The highest BCUT2D eigenvalue weighted by Gasteiger charge is 2.16. The van der Waals surface area contributed by atoms with Crippen LogP contribution in [-0.4, -0.2) is 53.4 Å². The van der Waals surface area contributed by atoms with Crippen LogP contribution in [0.3, 0.4) is 0 Å². The minimum atomic E-state index is -0.817. The van der Waals surface area contributed by atoms with Gasteiger partial charge in [-0.2, -0.15) is 0 Å². The molecule has 2 N–H and O–H groups in total. The Labute approximate surface area is 124 Å². The van der Waals surface area contributed by atoms with E-state index in [1.54, 1.807) is 12.4 Å². The van der Waals surface area contributed by atoms with E-state index in [-0.39, 0.29) is 0 Å². The largest absolute Gasteiger partial charge is 0.480 e. The number of anilines is 1. The first-order valence-corrected chi connectivity index (χ1v) is 7.30. The Morgan fingerprint density at radius 1 is 1.43 bits per heavy atom. The summed E-state index contributed by atoms with van der Waals surface area (Å²) in [7, 11) is 0. The highest BCUT2D eigenvalue weighted by Crippen LogP contribution is 2.09. The van der Waals surface area contributed by atoms with Crippen molar-refractivity contribution < 1.29 is 14.6 Å². The highest BCUT2D eigenvalue weighted by molar-refractivity contribution is 5.73. The van der Waals surface area contributed by atoms with Crippen molar-refractivity contribution >= 4 is 11.9 Å². The third kappa shape index (κ3) is 4.64. The fourth-order valence-corrected chi connectivity index (χ4v) is 2.21. The Morgan fingerprint density at radius 2 is 2.10 bits per heavy atom. The molecule has 1 aromatic rings. The van der Waals surface area contributed by atoms with Gasteiger partial charge in [-0.1, -0.05) is 13.3 Å². The van der Waals surface area contributed by atoms with E-state index >= 15 is 0 Å². The number of carbonyl (C=O) groups is 1. The van der Waals surface area contributed by atoms with Gasteiger partial charge in [0.2, 0.25) is 5.95 Å². The number of aromatic nitrogens is 2. The molecule has 0 spiro atoms. The molecule has 0 radical (unpaired) electrons. The fraction of sp³-hybridized carbons (Fsp3) is 0.643. The average molecular weight is 294 g/mol. The van der Waals surface area contributed by atoms with Crippen LogP contribution in [-0.2, 0) is 16.1 Å². The van der Waals surface area contributed by atoms with E-state index < -0.39 is 12.0 Å². The number of hydrogen-bond acceptors (Lipinski definition) is 6. The monoisotopic (exact) mass is 294 g/mol. The molecule has 2 heterocycles. The fourth-order valence-electron chi connectivity index (χ4n) is 2.21. The van der Waals surface area contributed by atoms with E-state index in [0.717, 1.165) is 25.1 Å². The molecule has 7 heteroatoms. The third-order valence-electron chi connectivity index (χ3n) is 3.41. The molecule has 0 aromatic carbocycles. The maximum absolute atomic E-state index is 11.1. The van der Waals surface area contributed by atoms with Gasteiger partial charge in [0.25, 0.3) is 0 Å². The van der Waals surface area contributed by atoms with Crippen molar-refractivity contribution in [3.8, 4) is 0 Å². The van der Waals surface area contributed by atoms with Crippen molar-refractivity contribution in [1.29, 1.82) is 0 Å². The number of hydrogen-bond donors (Lipinski definition) is 2. The molecule has 1 aliphatic heterocycles. The van der Waals surface area contributed by atoms with E-state index in [4.69, 9.17) is 9.84 Å². The van der Waals surface area contributed by atoms with Crippen LogP contribution in [0.1, 0.15) is 25.3 Å². The Balaban J connectivity index is 1.88. The van der Waals surface area contributed by atoms with Crippen molar-refractivity contribution in [2.45, 2.75) is 32.4 Å². The second-order valence-corrected chi connectivity index (χ2v) is 5.05. The summed E-state index contributed by atoms with van der Waals surface area (Å²) in [5, 5.41) is 12.1. The lowest BCUT2D eigenvalue weighted by Gasteiger charge is -2.26. The van der Waals surface area contributed by atoms with Gasteiger partial charge in [0.1, 0.15) is 6.04 Å². The van der Waals surface area contributed by atoms with Gasteiger partial charge in [0.15, 0.2) is 0 Å². The lowest BCUT2D eigenvalue weighted by atomic mass is 10.1. The van der Waals surface area contributed by atoms with Crippen molar-refractivity contribution in [2.24, 2.45) is 0 Å². The van der Waals surface area contributed by atoms with Gasteiger partial charge in [-0.05, 0) is 6.42 Å². The molecule has 2 rings (SSSR count). The van der Waals surface area contributed by atoms with Crippen LogP contribution in [0, 0.1) is 0 Å². The van der Waals surface area contributed by atoms with Gasteiger partial charge in [-0.25, -0.2) is 9.97 Å². The number of ether oxygens (including phenoxy) is 1. The molecule has 1 saturated heterocycles. The topological polar surface area (TPSA) is 87.6 Å². The predicted molar refractivity (Wildman–Crippen MR) is 78.2 cm³/mol. The van der Waals surface area contributed by atoms with Crippen molar-refractivity contribution in [3.05, 3.63) is 18.0 Å². The van der Waals surface area contributed by atoms with Crippen molar-refractivity contribution in [1.82, 2.24) is 15.3 Å². The summed E-state index contributed by atoms with van der Waals surface area (Å²) >= 11 is 0. The van der Waals surface area contributed by atoms with E-state index in [1.807, 2.05) is 6.92 Å². The van der Waals surface area contributed by atoms with Crippen LogP contribution in [0.15, 0.2) is 12.4 Å². The van der Waals surface area contributed by atoms with E-state index in [9.17, 15) is 4.79 Å². The first-order chi connectivity index (χ1) is 10.2. The zero-order valence-electron chi connectivity index (χ0n) is 12.3. The summed E-state index contributed by atoms with van der Waals surface area (Å²) in [5.41, 5.74) is 0.884. The Hall–Kier alpha value is -1.73. The normalized spacial score (nSPS) is 16.7. The lowest BCUT2D eigenvalue weighted by molar-refractivity contribution is -0.139. The Morgan fingerprint density at radius 3 is 2.67 bits per heavy atom. The van der Waals surface area contributed by atoms with Crippen LogP contribution in [0.25, 0.3) is 0 Å². The lowest BCUT2D eigenvalue weighted by Crippen LogP contribution is -2.37. The number of nitrogens with zero attached hydrogens (tertiary/aromatic N) is 3. The summed E-state index contributed by atoms with van der Waals surface area (Å²) in [4.78, 5) is 21.8. The highest BCUT2D eigenvalue weighted by atomic mass is 16.5. The maximum Gasteiger partial charge on any atom is 0.320 e. The quantitative estimate of drug-likeness (QED) is 0.763. The van der Waals surface area contributed by atoms with Gasteiger partial charge in [-0.15, -0.1) is 0 Å². The zero-order valence-corrected chi connectivity index (χ0v) is 12.3. The number of morpholine rings is 1. The molecule has 1 aliphatic rings. The molecule has 0 saturated carbocycles. The number of aliphatic carboxylic acids is 1. The molecule has 0 bridgehead atoms. The molecule has 1 aromatic heterocycles. The molecular formula is C14H22N4O3. The van der Waals surface area contributed by atoms with Gasteiger partial charge in [0.05, 0.1) is 13.2 Å². The van der Waals surface area contributed by atoms with E-state index in [2.05, 4.69) is 20.2 Å². The van der Waals surface area contributed by atoms with Crippen molar-refractivity contribution in [3.63, 3.8) is 0 Å². The standard InChI is InChI=1S/C14H22N4O3/c1-2-3-12(13(19)20)15-8-11-9-16-14(17-10-11)18-4-6-21-7-5-18/h9-10,12,15H,2-8H2,1H3,(H,19,20)/t12-/m1/s1. The molecule has 116 valence electrons. The van der Waals surface area contributed by atoms with Gasteiger partial charge in [-0.3, -0.25) is 4.79 Å². The summed E-state index contributed by atoms with van der Waals surface area (Å²) in [6.07, 6.45) is 4.93. The van der Waals surface area contributed by atoms with Crippen LogP contribution >= 0.6 is 0 Å². The van der Waals surface area contributed by atoms with Gasteiger partial charge >= 0.3 is 5.97 Å². The minimum Gasteiger partial charge on any atom is -0.480 e. The smallest absolute Gasteiger partial charge is 0.320 e. The van der Waals surface area contributed by atoms with Crippen LogP contribution < -0.4 is 10.2 Å². The van der Waals surface area contributed by atoms with Gasteiger partial charge in [0, 0.05) is 37.6 Å².